The summed E-state index contributed by atoms with van der Waals surface area (Å²) < 4.78 is 52.0. The lowest BCUT2D eigenvalue weighted by Gasteiger charge is -2.30. The highest BCUT2D eigenvalue weighted by atomic mass is 19.4. The average Bonchev–Trinajstić information content (AvgIpc) is 2.45. The Balaban J connectivity index is -0.000000176. The quantitative estimate of drug-likeness (QED) is 0.304. The Bertz CT molecular complexity index is 326. The molecule has 0 amide bonds. The van der Waals surface area contributed by atoms with Crippen LogP contribution in [-0.2, 0) is 14.2 Å². The van der Waals surface area contributed by atoms with Gasteiger partial charge in [0.1, 0.15) is 6.61 Å². The Morgan fingerprint density at radius 1 is 0.633 bits per heavy atom. The SMILES string of the molecule is C.C.C.C.C.C.CC(C)(COCCCCO)COCC(C)(CO)COCC(F)(F)F. The first kappa shape index (κ1) is 47.4. The van der Waals surface area contributed by atoms with Crippen molar-refractivity contribution in [3.05, 3.63) is 0 Å². The van der Waals surface area contributed by atoms with Crippen LogP contribution in [0.25, 0.3) is 0 Å². The fraction of sp³-hybridized carbons (Fsp3) is 1.00. The highest BCUT2D eigenvalue weighted by Crippen LogP contribution is 2.22. The van der Waals surface area contributed by atoms with Gasteiger partial charge in [0.05, 0.1) is 33.0 Å². The van der Waals surface area contributed by atoms with Gasteiger partial charge in [-0.15, -0.1) is 0 Å². The number of aliphatic hydroxyl groups excluding tert-OH is 2. The zero-order valence-electron chi connectivity index (χ0n) is 14.8. The lowest BCUT2D eigenvalue weighted by Crippen LogP contribution is -2.36. The molecule has 194 valence electrons. The maximum atomic E-state index is 12.1. The maximum Gasteiger partial charge on any atom is 0.411 e. The van der Waals surface area contributed by atoms with Crippen LogP contribution in [0, 0.1) is 10.8 Å². The first-order valence-electron chi connectivity index (χ1n) is 8.05. The van der Waals surface area contributed by atoms with Crippen molar-refractivity contribution in [2.75, 3.05) is 52.9 Å². The smallest absolute Gasteiger partial charge is 0.396 e. The third kappa shape index (κ3) is 27.6. The number of ether oxygens (including phenoxy) is 3. The molecule has 0 saturated carbocycles. The van der Waals surface area contributed by atoms with E-state index in [1.54, 1.807) is 6.92 Å². The fourth-order valence-electron chi connectivity index (χ4n) is 1.83. The second kappa shape index (κ2) is 23.3. The summed E-state index contributed by atoms with van der Waals surface area (Å²) >= 11 is 0. The van der Waals surface area contributed by atoms with E-state index in [0.29, 0.717) is 26.2 Å². The Labute approximate surface area is 186 Å². The van der Waals surface area contributed by atoms with E-state index >= 15 is 0 Å². The van der Waals surface area contributed by atoms with Crippen molar-refractivity contribution in [2.45, 2.75) is 84.3 Å². The monoisotopic (exact) mass is 456 g/mol. The van der Waals surface area contributed by atoms with E-state index in [2.05, 4.69) is 4.74 Å². The summed E-state index contributed by atoms with van der Waals surface area (Å²) in [5.41, 5.74) is -1.15. The third-order valence-electron chi connectivity index (χ3n) is 3.23. The summed E-state index contributed by atoms with van der Waals surface area (Å²) in [6, 6.07) is 0. The van der Waals surface area contributed by atoms with Crippen LogP contribution in [0.3, 0.4) is 0 Å². The minimum Gasteiger partial charge on any atom is -0.396 e. The molecule has 0 aliphatic carbocycles. The van der Waals surface area contributed by atoms with Crippen LogP contribution in [0.15, 0.2) is 0 Å². The van der Waals surface area contributed by atoms with Gasteiger partial charge >= 0.3 is 6.18 Å². The zero-order chi connectivity index (χ0) is 18.7. The van der Waals surface area contributed by atoms with Crippen LogP contribution in [0.4, 0.5) is 13.2 Å². The van der Waals surface area contributed by atoms with Crippen molar-refractivity contribution in [1.29, 1.82) is 0 Å². The third-order valence-corrected chi connectivity index (χ3v) is 3.23. The highest BCUT2D eigenvalue weighted by molar-refractivity contribution is 4.74. The van der Waals surface area contributed by atoms with Gasteiger partial charge in [-0.25, -0.2) is 0 Å². The van der Waals surface area contributed by atoms with Gasteiger partial charge in [-0.2, -0.15) is 13.2 Å². The Kier molecular flexibility index (Phi) is 36.7. The van der Waals surface area contributed by atoms with Gasteiger partial charge in [0.2, 0.25) is 0 Å². The Morgan fingerprint density at radius 2 is 1.07 bits per heavy atom. The van der Waals surface area contributed by atoms with Gasteiger partial charge in [0.25, 0.3) is 0 Å². The molecule has 0 radical (unpaired) electrons. The molecule has 0 saturated heterocycles. The van der Waals surface area contributed by atoms with Crippen LogP contribution < -0.4 is 0 Å². The van der Waals surface area contributed by atoms with E-state index in [0.717, 1.165) is 6.42 Å². The van der Waals surface area contributed by atoms with E-state index in [1.807, 2.05) is 13.8 Å². The van der Waals surface area contributed by atoms with E-state index in [1.165, 1.54) is 0 Å². The molecule has 30 heavy (non-hydrogen) atoms. The van der Waals surface area contributed by atoms with E-state index < -0.39 is 18.2 Å². The van der Waals surface area contributed by atoms with Crippen LogP contribution in [0.5, 0.6) is 0 Å². The van der Waals surface area contributed by atoms with Gasteiger partial charge in [0, 0.05) is 24.0 Å². The summed E-state index contributed by atoms with van der Waals surface area (Å²) in [7, 11) is 0. The van der Waals surface area contributed by atoms with Crippen molar-refractivity contribution < 1.29 is 37.6 Å². The number of unbranched alkanes of at least 4 members (excludes halogenated alkanes) is 1. The molecular weight excluding hydrogens is 401 g/mol. The van der Waals surface area contributed by atoms with E-state index in [9.17, 15) is 18.3 Å². The highest BCUT2D eigenvalue weighted by Gasteiger charge is 2.31. The predicted molar refractivity (Wildman–Crippen MR) is 124 cm³/mol. The largest absolute Gasteiger partial charge is 0.411 e. The van der Waals surface area contributed by atoms with Gasteiger partial charge in [-0.05, 0) is 12.8 Å². The predicted octanol–water partition coefficient (Wildman–Crippen LogP) is 6.21. The Hall–Kier alpha value is -0.410. The Morgan fingerprint density at radius 3 is 1.47 bits per heavy atom. The minimum atomic E-state index is -4.38. The second-order valence-corrected chi connectivity index (χ2v) is 7.22. The molecule has 8 heteroatoms. The fourth-order valence-corrected chi connectivity index (χ4v) is 1.83. The molecule has 0 aliphatic rings. The van der Waals surface area contributed by atoms with Crippen molar-refractivity contribution >= 4 is 0 Å². The maximum absolute atomic E-state index is 12.1. The second-order valence-electron chi connectivity index (χ2n) is 7.22. The van der Waals surface area contributed by atoms with Gasteiger partial charge in [-0.1, -0.05) is 65.3 Å². The number of rotatable bonds is 14. The first-order chi connectivity index (χ1) is 11.0. The van der Waals surface area contributed by atoms with Crippen LogP contribution in [0.1, 0.15) is 78.2 Å². The zero-order valence-corrected chi connectivity index (χ0v) is 14.8. The normalized spacial score (nSPS) is 12.4. The molecule has 0 bridgehead atoms. The molecule has 0 fully saturated rings. The number of halogens is 3. The van der Waals surface area contributed by atoms with Crippen molar-refractivity contribution in [2.24, 2.45) is 10.8 Å². The lowest BCUT2D eigenvalue weighted by molar-refractivity contribution is -0.185. The van der Waals surface area contributed by atoms with Gasteiger partial charge in [0.15, 0.2) is 0 Å². The number of alkyl halides is 3. The molecule has 0 aromatic heterocycles. The molecule has 0 rings (SSSR count). The van der Waals surface area contributed by atoms with E-state index in [4.69, 9.17) is 14.6 Å². The summed E-state index contributed by atoms with van der Waals surface area (Å²) in [5, 5.41) is 18.1. The molecule has 2 N–H and O–H groups in total. The van der Waals surface area contributed by atoms with E-state index in [-0.39, 0.29) is 76.4 Å². The lowest BCUT2D eigenvalue weighted by atomic mass is 9.93. The molecule has 5 nitrogen and oxygen atoms in total. The minimum absolute atomic E-state index is 0. The van der Waals surface area contributed by atoms with Crippen LogP contribution in [-0.4, -0.2) is 69.2 Å². The molecule has 1 atom stereocenters. The summed E-state index contributed by atoms with van der Waals surface area (Å²) in [5.74, 6) is 0. The average molecular weight is 457 g/mol. The van der Waals surface area contributed by atoms with Crippen LogP contribution >= 0.6 is 0 Å². The molecule has 1 unspecified atom stereocenters. The van der Waals surface area contributed by atoms with Gasteiger partial charge in [-0.3, -0.25) is 0 Å². The molecule has 0 heterocycles. The summed E-state index contributed by atoms with van der Waals surface area (Å²) in [6.07, 6.45) is -2.90. The standard InChI is InChI=1S/C16H31F3O5.6CH4/c1-14(2,9-22-7-5-4-6-20)10-23-11-15(3,8-21)12-24-13-16(17,18)19;;;;;;/h20-21H,4-13H2,1-3H3;6*1H4. The number of hydrogen-bond donors (Lipinski definition) is 2. The summed E-state index contributed by atoms with van der Waals surface area (Å²) in [6.45, 7) is 5.23. The number of hydrogen-bond acceptors (Lipinski definition) is 5. The topological polar surface area (TPSA) is 68.2 Å². The van der Waals surface area contributed by atoms with Crippen molar-refractivity contribution in [3.63, 3.8) is 0 Å². The van der Waals surface area contributed by atoms with Gasteiger partial charge < -0.3 is 24.4 Å². The van der Waals surface area contributed by atoms with Crippen molar-refractivity contribution in [1.82, 2.24) is 0 Å². The van der Waals surface area contributed by atoms with Crippen LogP contribution in [0.2, 0.25) is 0 Å². The first-order valence-corrected chi connectivity index (χ1v) is 8.05. The van der Waals surface area contributed by atoms with Crippen molar-refractivity contribution in [3.8, 4) is 0 Å². The molecular formula is C22H55F3O5. The number of aliphatic hydroxyl groups is 2. The molecule has 0 spiro atoms. The molecule has 0 aliphatic heterocycles. The molecule has 0 aromatic rings. The molecule has 0 aromatic carbocycles. The summed E-state index contributed by atoms with van der Waals surface area (Å²) in [4.78, 5) is 0.